The van der Waals surface area contributed by atoms with Gasteiger partial charge in [0.25, 0.3) is 0 Å². The number of aromatic amines is 1. The molecule has 142 valence electrons. The van der Waals surface area contributed by atoms with Crippen LogP contribution in [0, 0.1) is 5.92 Å². The molecule has 2 N–H and O–H groups in total. The molecule has 5 heteroatoms. The number of esters is 1. The van der Waals surface area contributed by atoms with Crippen LogP contribution in [0.5, 0.6) is 0 Å². The highest BCUT2D eigenvalue weighted by Gasteiger charge is 2.28. The zero-order chi connectivity index (χ0) is 19.1. The van der Waals surface area contributed by atoms with Crippen LogP contribution in [0.15, 0.2) is 30.5 Å². The van der Waals surface area contributed by atoms with Crippen molar-refractivity contribution in [2.75, 3.05) is 7.11 Å². The maximum Gasteiger partial charge on any atom is 0.328 e. The van der Waals surface area contributed by atoms with Crippen molar-refractivity contribution in [2.24, 2.45) is 5.92 Å². The van der Waals surface area contributed by atoms with Gasteiger partial charge in [0, 0.05) is 23.0 Å². The van der Waals surface area contributed by atoms with Crippen LogP contribution in [0.4, 0.5) is 0 Å². The second kappa shape index (κ2) is 9.41. The first kappa shape index (κ1) is 20.0. The third-order valence-corrected chi connectivity index (χ3v) is 5.17. The number of amides is 1. The van der Waals surface area contributed by atoms with Gasteiger partial charge in [0.1, 0.15) is 6.04 Å². The number of carbonyl (C=O) groups excluding carboxylic acids is 2. The molecule has 3 atom stereocenters. The summed E-state index contributed by atoms with van der Waals surface area (Å²) in [5, 5.41) is 4.03. The third-order valence-electron chi connectivity index (χ3n) is 5.17. The lowest BCUT2D eigenvalue weighted by atomic mass is 9.88. The summed E-state index contributed by atoms with van der Waals surface area (Å²) in [6.07, 6.45) is 5.57. The minimum absolute atomic E-state index is 0.0279. The first-order chi connectivity index (χ1) is 12.5. The molecule has 2 rings (SSSR count). The number of ether oxygens (including phenoxy) is 1. The Morgan fingerprint density at radius 2 is 1.92 bits per heavy atom. The Labute approximate surface area is 155 Å². The minimum atomic E-state index is -0.573. The van der Waals surface area contributed by atoms with Crippen LogP contribution >= 0.6 is 0 Å². The fourth-order valence-electron chi connectivity index (χ4n) is 3.26. The normalized spacial score (nSPS) is 14.6. The van der Waals surface area contributed by atoms with E-state index >= 15 is 0 Å². The number of aromatic nitrogens is 1. The number of H-pyrrole nitrogens is 1. The molecule has 1 aromatic heterocycles. The lowest BCUT2D eigenvalue weighted by Crippen LogP contribution is -2.44. The van der Waals surface area contributed by atoms with E-state index in [0.717, 1.165) is 35.7 Å². The van der Waals surface area contributed by atoms with E-state index in [1.807, 2.05) is 38.2 Å². The number of hydrogen-bond donors (Lipinski definition) is 2. The Bertz CT molecular complexity index is 738. The van der Waals surface area contributed by atoms with Gasteiger partial charge >= 0.3 is 5.97 Å². The van der Waals surface area contributed by atoms with Gasteiger partial charge in [0.15, 0.2) is 0 Å². The van der Waals surface area contributed by atoms with E-state index in [1.165, 1.54) is 7.11 Å². The number of benzene rings is 1. The fraction of sp³-hybridized carbons (Fsp3) is 0.524. The molecule has 1 heterocycles. The van der Waals surface area contributed by atoms with E-state index < -0.39 is 6.04 Å². The van der Waals surface area contributed by atoms with Crippen molar-refractivity contribution >= 4 is 22.8 Å². The number of methoxy groups -OCH3 is 1. The molecule has 0 saturated carbocycles. The third kappa shape index (κ3) is 4.65. The first-order valence-electron chi connectivity index (χ1n) is 9.43. The summed E-state index contributed by atoms with van der Waals surface area (Å²) in [5.41, 5.74) is 2.18. The van der Waals surface area contributed by atoms with Gasteiger partial charge in [-0.1, -0.05) is 58.2 Å². The summed E-state index contributed by atoms with van der Waals surface area (Å²) < 4.78 is 4.86. The number of para-hydroxylation sites is 1. The van der Waals surface area contributed by atoms with Crippen molar-refractivity contribution in [3.63, 3.8) is 0 Å². The van der Waals surface area contributed by atoms with Gasteiger partial charge in [-0.05, 0) is 24.0 Å². The van der Waals surface area contributed by atoms with Crippen molar-refractivity contribution in [1.29, 1.82) is 0 Å². The van der Waals surface area contributed by atoms with E-state index in [-0.39, 0.29) is 23.7 Å². The number of carbonyl (C=O) groups is 2. The molecular weight excluding hydrogens is 328 g/mol. The molecular formula is C21H30N2O3. The molecule has 1 amide bonds. The highest BCUT2D eigenvalue weighted by Crippen LogP contribution is 2.30. The zero-order valence-electron chi connectivity index (χ0n) is 16.2. The number of fused-ring (bicyclic) bond motifs is 1. The molecule has 0 aliphatic heterocycles. The molecule has 0 spiro atoms. The van der Waals surface area contributed by atoms with Crippen LogP contribution in [0.1, 0.15) is 57.9 Å². The topological polar surface area (TPSA) is 71.2 Å². The summed E-state index contributed by atoms with van der Waals surface area (Å²) in [7, 11) is 1.36. The average Bonchev–Trinajstić information content (AvgIpc) is 3.09. The number of hydrogen-bond acceptors (Lipinski definition) is 3. The summed E-state index contributed by atoms with van der Waals surface area (Å²) in [6, 6.07) is 7.50. The molecule has 0 aliphatic rings. The van der Waals surface area contributed by atoms with Gasteiger partial charge in [0.2, 0.25) is 5.91 Å². The Balaban J connectivity index is 2.07. The monoisotopic (exact) mass is 358 g/mol. The van der Waals surface area contributed by atoms with Gasteiger partial charge in [-0.3, -0.25) is 4.79 Å². The van der Waals surface area contributed by atoms with E-state index in [4.69, 9.17) is 4.74 Å². The zero-order valence-corrected chi connectivity index (χ0v) is 16.2. The summed E-state index contributed by atoms with van der Waals surface area (Å²) in [6.45, 7) is 6.06. The summed E-state index contributed by atoms with van der Waals surface area (Å²) in [4.78, 5) is 28.0. The van der Waals surface area contributed by atoms with Crippen molar-refractivity contribution < 1.29 is 14.3 Å². The predicted molar refractivity (Wildman–Crippen MR) is 104 cm³/mol. The van der Waals surface area contributed by atoms with E-state index in [9.17, 15) is 9.59 Å². The largest absolute Gasteiger partial charge is 0.467 e. The smallest absolute Gasteiger partial charge is 0.328 e. The summed E-state index contributed by atoms with van der Waals surface area (Å²) in [5.74, 6) is -0.719. The number of unbranched alkanes of at least 4 members (excludes halogenated alkanes) is 2. The quantitative estimate of drug-likeness (QED) is 0.523. The molecule has 26 heavy (non-hydrogen) atoms. The molecule has 0 fully saturated rings. The maximum absolute atomic E-state index is 12.8. The highest BCUT2D eigenvalue weighted by molar-refractivity contribution is 5.88. The highest BCUT2D eigenvalue weighted by atomic mass is 16.5. The second-order valence-electron chi connectivity index (χ2n) is 6.95. The molecule has 0 saturated heterocycles. The Kier molecular flexibility index (Phi) is 7.25. The molecule has 5 nitrogen and oxygen atoms in total. The maximum atomic E-state index is 12.8. The first-order valence-corrected chi connectivity index (χ1v) is 9.43. The van der Waals surface area contributed by atoms with E-state index in [0.29, 0.717) is 6.42 Å². The lowest BCUT2D eigenvalue weighted by molar-refractivity contribution is -0.145. The van der Waals surface area contributed by atoms with Crippen LogP contribution in [-0.4, -0.2) is 30.0 Å². The van der Waals surface area contributed by atoms with Crippen molar-refractivity contribution in [1.82, 2.24) is 10.3 Å². The van der Waals surface area contributed by atoms with Gasteiger partial charge in [0.05, 0.1) is 7.11 Å². The Hall–Kier alpha value is -2.30. The lowest BCUT2D eigenvalue weighted by Gasteiger charge is -2.23. The molecule has 0 bridgehead atoms. The molecule has 0 aliphatic carbocycles. The predicted octanol–water partition coefficient (Wildman–Crippen LogP) is 4.15. The molecule has 0 unspecified atom stereocenters. The van der Waals surface area contributed by atoms with Crippen LogP contribution in [-0.2, 0) is 14.3 Å². The van der Waals surface area contributed by atoms with Crippen LogP contribution in [0.25, 0.3) is 10.9 Å². The fourth-order valence-corrected chi connectivity index (χ4v) is 3.26. The average molecular weight is 358 g/mol. The van der Waals surface area contributed by atoms with E-state index in [2.05, 4.69) is 23.3 Å². The standard InChI is InChI=1S/C21H30N2O3/c1-5-6-7-12-19(21(25)26-4)23-20(24)15(3)14(2)17-13-22-18-11-9-8-10-16(17)18/h8-11,13-15,19,22H,5-7,12H2,1-4H3,(H,23,24)/t14-,15-,19+/m1/s1. The van der Waals surface area contributed by atoms with Gasteiger partial charge in [-0.15, -0.1) is 0 Å². The van der Waals surface area contributed by atoms with Crippen molar-refractivity contribution in [2.45, 2.75) is 58.4 Å². The van der Waals surface area contributed by atoms with Crippen LogP contribution in [0.3, 0.4) is 0 Å². The van der Waals surface area contributed by atoms with Gasteiger partial charge in [-0.25, -0.2) is 4.79 Å². The molecule has 0 radical (unpaired) electrons. The Morgan fingerprint density at radius 1 is 1.19 bits per heavy atom. The van der Waals surface area contributed by atoms with Crippen molar-refractivity contribution in [3.05, 3.63) is 36.0 Å². The van der Waals surface area contributed by atoms with Crippen LogP contribution < -0.4 is 5.32 Å². The molecule has 1 aromatic carbocycles. The Morgan fingerprint density at radius 3 is 2.62 bits per heavy atom. The molecule has 2 aromatic rings. The van der Waals surface area contributed by atoms with Crippen molar-refractivity contribution in [3.8, 4) is 0 Å². The van der Waals surface area contributed by atoms with E-state index in [1.54, 1.807) is 0 Å². The second-order valence-corrected chi connectivity index (χ2v) is 6.95. The number of rotatable bonds is 9. The van der Waals surface area contributed by atoms with Gasteiger partial charge < -0.3 is 15.0 Å². The number of nitrogens with one attached hydrogen (secondary N) is 2. The summed E-state index contributed by atoms with van der Waals surface area (Å²) >= 11 is 0. The SMILES string of the molecule is CCCCC[C@H](NC(=O)[C@H](C)[C@@H](C)c1c[nH]c2ccccc12)C(=O)OC. The van der Waals surface area contributed by atoms with Gasteiger partial charge in [-0.2, -0.15) is 0 Å². The van der Waals surface area contributed by atoms with Crippen LogP contribution in [0.2, 0.25) is 0 Å². The minimum Gasteiger partial charge on any atom is -0.467 e.